The highest BCUT2D eigenvalue weighted by Gasteiger charge is 2.18. The number of aromatic nitrogens is 6. The van der Waals surface area contributed by atoms with Crippen molar-refractivity contribution in [2.45, 2.75) is 0 Å². The molecule has 0 unspecified atom stereocenters. The lowest BCUT2D eigenvalue weighted by Gasteiger charge is -2.09. The van der Waals surface area contributed by atoms with Gasteiger partial charge < -0.3 is 10.6 Å². The number of nitrogens with one attached hydrogen (secondary N) is 2. The molecular formula is C18H17N9O2. The Bertz CT molecular complexity index is 1160. The molecule has 0 amide bonds. The Kier molecular flexibility index (Phi) is 4.61. The van der Waals surface area contributed by atoms with Crippen LogP contribution in [0.1, 0.15) is 0 Å². The third-order valence-corrected chi connectivity index (χ3v) is 4.11. The monoisotopic (exact) mass is 391 g/mol. The molecular weight excluding hydrogens is 374 g/mol. The number of nitrogens with zero attached hydrogens (tertiary/aromatic N) is 7. The van der Waals surface area contributed by atoms with Crippen molar-refractivity contribution < 1.29 is 4.92 Å². The van der Waals surface area contributed by atoms with E-state index >= 15 is 0 Å². The van der Waals surface area contributed by atoms with Gasteiger partial charge in [-0.1, -0.05) is 12.1 Å². The third kappa shape index (κ3) is 4.03. The van der Waals surface area contributed by atoms with Crippen LogP contribution in [0.3, 0.4) is 0 Å². The van der Waals surface area contributed by atoms with Crippen LogP contribution in [-0.2, 0) is 14.1 Å². The second kappa shape index (κ2) is 7.38. The first-order chi connectivity index (χ1) is 14.0. The van der Waals surface area contributed by atoms with Crippen molar-refractivity contribution in [3.05, 3.63) is 65.4 Å². The van der Waals surface area contributed by atoms with Gasteiger partial charge in [-0.2, -0.15) is 15.2 Å². The van der Waals surface area contributed by atoms with Gasteiger partial charge in [-0.15, -0.1) is 0 Å². The Morgan fingerprint density at radius 1 is 0.897 bits per heavy atom. The van der Waals surface area contributed by atoms with Crippen LogP contribution in [0.25, 0.3) is 11.1 Å². The average Bonchev–Trinajstić information content (AvgIpc) is 3.30. The van der Waals surface area contributed by atoms with Crippen LogP contribution < -0.4 is 10.6 Å². The maximum atomic E-state index is 11.4. The van der Waals surface area contributed by atoms with Crippen LogP contribution in [0.15, 0.2) is 55.2 Å². The first-order valence-electron chi connectivity index (χ1n) is 8.61. The van der Waals surface area contributed by atoms with E-state index in [1.54, 1.807) is 35.0 Å². The summed E-state index contributed by atoms with van der Waals surface area (Å²) in [4.78, 5) is 19.1. The SMILES string of the molecule is Cn1cc(Nc2ncc([N+](=O)[O-])c(Nc3ccc(-c4cnn(C)c4)cc3)n2)cn1. The van der Waals surface area contributed by atoms with Crippen LogP contribution in [0, 0.1) is 10.1 Å². The Morgan fingerprint density at radius 2 is 1.62 bits per heavy atom. The summed E-state index contributed by atoms with van der Waals surface area (Å²) in [5.74, 6) is 0.309. The van der Waals surface area contributed by atoms with Crippen molar-refractivity contribution in [3.8, 4) is 11.1 Å². The molecule has 2 N–H and O–H groups in total. The van der Waals surface area contributed by atoms with Crippen molar-refractivity contribution in [1.82, 2.24) is 29.5 Å². The van der Waals surface area contributed by atoms with Gasteiger partial charge in [-0.05, 0) is 17.7 Å². The van der Waals surface area contributed by atoms with Crippen molar-refractivity contribution in [3.63, 3.8) is 0 Å². The van der Waals surface area contributed by atoms with Crippen molar-refractivity contribution in [2.24, 2.45) is 14.1 Å². The number of hydrogen-bond donors (Lipinski definition) is 2. The van der Waals surface area contributed by atoms with E-state index in [4.69, 9.17) is 0 Å². The predicted molar refractivity (Wildman–Crippen MR) is 107 cm³/mol. The second-order valence-corrected chi connectivity index (χ2v) is 6.32. The van der Waals surface area contributed by atoms with Crippen LogP contribution in [-0.4, -0.2) is 34.5 Å². The Morgan fingerprint density at radius 3 is 2.24 bits per heavy atom. The summed E-state index contributed by atoms with van der Waals surface area (Å²) in [5, 5.41) is 25.5. The zero-order valence-corrected chi connectivity index (χ0v) is 15.6. The first kappa shape index (κ1) is 18.1. The largest absolute Gasteiger partial charge is 0.334 e. The lowest BCUT2D eigenvalue weighted by molar-refractivity contribution is -0.384. The van der Waals surface area contributed by atoms with Gasteiger partial charge >= 0.3 is 5.69 Å². The summed E-state index contributed by atoms with van der Waals surface area (Å²) in [6.45, 7) is 0. The van der Waals surface area contributed by atoms with Gasteiger partial charge in [0.1, 0.15) is 6.20 Å². The normalized spacial score (nSPS) is 10.7. The first-order valence-corrected chi connectivity index (χ1v) is 8.61. The molecule has 0 saturated carbocycles. The Balaban J connectivity index is 1.59. The highest BCUT2D eigenvalue weighted by Crippen LogP contribution is 2.28. The molecule has 146 valence electrons. The van der Waals surface area contributed by atoms with E-state index in [2.05, 4.69) is 30.8 Å². The quantitative estimate of drug-likeness (QED) is 0.379. The van der Waals surface area contributed by atoms with Crippen molar-refractivity contribution in [1.29, 1.82) is 0 Å². The minimum Gasteiger partial charge on any atom is -0.334 e. The highest BCUT2D eigenvalue weighted by atomic mass is 16.6. The maximum absolute atomic E-state index is 11.4. The third-order valence-electron chi connectivity index (χ3n) is 4.11. The summed E-state index contributed by atoms with van der Waals surface area (Å²) >= 11 is 0. The van der Waals surface area contributed by atoms with Gasteiger partial charge in [0.2, 0.25) is 11.8 Å². The van der Waals surface area contributed by atoms with Crippen LogP contribution >= 0.6 is 0 Å². The topological polar surface area (TPSA) is 129 Å². The minimum atomic E-state index is -0.528. The molecule has 11 heteroatoms. The van der Waals surface area contributed by atoms with Crippen LogP contribution in [0.5, 0.6) is 0 Å². The van der Waals surface area contributed by atoms with Gasteiger partial charge in [0, 0.05) is 37.7 Å². The van der Waals surface area contributed by atoms with Crippen molar-refractivity contribution >= 4 is 28.8 Å². The molecule has 0 fully saturated rings. The smallest absolute Gasteiger partial charge is 0.329 e. The molecule has 0 aliphatic carbocycles. The van der Waals surface area contributed by atoms with E-state index in [0.29, 0.717) is 11.4 Å². The molecule has 0 aliphatic rings. The molecule has 0 aliphatic heterocycles. The van der Waals surface area contributed by atoms with E-state index < -0.39 is 4.92 Å². The zero-order chi connectivity index (χ0) is 20.4. The van der Waals surface area contributed by atoms with Gasteiger partial charge in [0.25, 0.3) is 0 Å². The number of hydrogen-bond acceptors (Lipinski definition) is 8. The minimum absolute atomic E-state index is 0.0884. The molecule has 0 saturated heterocycles. The van der Waals surface area contributed by atoms with E-state index in [9.17, 15) is 10.1 Å². The van der Waals surface area contributed by atoms with Crippen LogP contribution in [0.2, 0.25) is 0 Å². The molecule has 29 heavy (non-hydrogen) atoms. The van der Waals surface area contributed by atoms with Gasteiger partial charge in [-0.3, -0.25) is 19.5 Å². The molecule has 0 bridgehead atoms. The summed E-state index contributed by atoms with van der Waals surface area (Å²) in [7, 11) is 3.63. The number of nitro groups is 1. The lowest BCUT2D eigenvalue weighted by Crippen LogP contribution is -2.04. The van der Waals surface area contributed by atoms with Gasteiger partial charge in [-0.25, -0.2) is 4.98 Å². The second-order valence-electron chi connectivity index (χ2n) is 6.32. The van der Waals surface area contributed by atoms with E-state index in [0.717, 1.165) is 17.3 Å². The fraction of sp³-hybridized carbons (Fsp3) is 0.111. The number of anilines is 4. The molecule has 4 rings (SSSR count). The molecule has 3 aromatic heterocycles. The fourth-order valence-corrected chi connectivity index (χ4v) is 2.73. The molecule has 11 nitrogen and oxygen atoms in total. The Hall–Kier alpha value is -4.28. The van der Waals surface area contributed by atoms with Crippen molar-refractivity contribution in [2.75, 3.05) is 10.6 Å². The highest BCUT2D eigenvalue weighted by molar-refractivity contribution is 5.70. The average molecular weight is 391 g/mol. The van der Waals surface area contributed by atoms with Crippen LogP contribution in [0.4, 0.5) is 28.8 Å². The summed E-state index contributed by atoms with van der Waals surface area (Å²) in [5.41, 5.74) is 3.08. The standard InChI is InChI=1S/C18H17N9O2/c1-25-10-13(7-20-25)12-3-5-14(6-4-12)22-17-16(27(28)29)9-19-18(24-17)23-15-8-21-26(2)11-15/h3-11H,1-2H3,(H2,19,22,23,24). The van der Waals surface area contributed by atoms with Gasteiger partial charge in [0.15, 0.2) is 0 Å². The molecule has 0 spiro atoms. The molecule has 0 radical (unpaired) electrons. The molecule has 0 atom stereocenters. The molecule has 3 heterocycles. The number of rotatable bonds is 6. The van der Waals surface area contributed by atoms with E-state index in [1.807, 2.05) is 37.5 Å². The maximum Gasteiger partial charge on any atom is 0.329 e. The molecule has 1 aromatic carbocycles. The number of benzene rings is 1. The summed E-state index contributed by atoms with van der Waals surface area (Å²) in [6.07, 6.45) is 8.20. The summed E-state index contributed by atoms with van der Waals surface area (Å²) < 4.78 is 3.35. The fourth-order valence-electron chi connectivity index (χ4n) is 2.73. The van der Waals surface area contributed by atoms with E-state index in [1.165, 1.54) is 0 Å². The summed E-state index contributed by atoms with van der Waals surface area (Å²) in [6, 6.07) is 7.45. The number of aryl methyl sites for hydroxylation is 2. The zero-order valence-electron chi connectivity index (χ0n) is 15.6. The van der Waals surface area contributed by atoms with Gasteiger partial charge in [0.05, 0.1) is 23.0 Å². The molecule has 4 aromatic rings. The predicted octanol–water partition coefficient (Wildman–Crippen LogP) is 3.01. The Labute approximate surface area is 165 Å². The van der Waals surface area contributed by atoms with E-state index in [-0.39, 0.29) is 17.5 Å². The lowest BCUT2D eigenvalue weighted by atomic mass is 10.1.